The van der Waals surface area contributed by atoms with Gasteiger partial charge in [-0.1, -0.05) is 36.5 Å². The van der Waals surface area contributed by atoms with E-state index in [1.54, 1.807) is 0 Å². The third kappa shape index (κ3) is 5.66. The van der Waals surface area contributed by atoms with Gasteiger partial charge in [0.1, 0.15) is 13.0 Å². The lowest BCUT2D eigenvalue weighted by molar-refractivity contribution is -0.671. The molecule has 0 radical (unpaired) electrons. The molecule has 0 fully saturated rings. The number of pyridine rings is 1. The zero-order valence-corrected chi connectivity index (χ0v) is 16.4. The molecule has 6 heteroatoms. The van der Waals surface area contributed by atoms with E-state index < -0.39 is 5.95 Å². The molecule has 0 saturated heterocycles. The Kier molecular flexibility index (Phi) is 7.28. The van der Waals surface area contributed by atoms with Crippen molar-refractivity contribution in [3.05, 3.63) is 90.4 Å². The molecule has 3 rings (SSSR count). The van der Waals surface area contributed by atoms with Crippen LogP contribution < -0.4 is 38.3 Å². The lowest BCUT2D eigenvalue weighted by atomic mass is 10.2. The van der Waals surface area contributed by atoms with E-state index in [4.69, 9.17) is 0 Å². The molecular formula is C20H18IN3O2. The van der Waals surface area contributed by atoms with Crippen molar-refractivity contribution in [3.8, 4) is 11.6 Å². The summed E-state index contributed by atoms with van der Waals surface area (Å²) in [5.41, 5.74) is 2.99. The van der Waals surface area contributed by atoms with E-state index in [0.29, 0.717) is 0 Å². The number of halogens is 1. The molecular weight excluding hydrogens is 441 g/mol. The smallest absolute Gasteiger partial charge is 0.239 e. The van der Waals surface area contributed by atoms with Gasteiger partial charge in [-0.3, -0.25) is 0 Å². The highest BCUT2D eigenvalue weighted by atomic mass is 127. The van der Waals surface area contributed by atoms with Crippen LogP contribution in [0, 0.1) is 0 Å². The number of allylic oxidation sites excluding steroid dienone is 4. The highest BCUT2D eigenvalue weighted by Gasteiger charge is 2.07. The predicted octanol–water partition coefficient (Wildman–Crippen LogP) is -0.864. The monoisotopic (exact) mass is 459 g/mol. The van der Waals surface area contributed by atoms with E-state index >= 15 is 0 Å². The standard InChI is InChI=1S/C20H18N3O2.HI/c1-22-14-12-18(13-15-22)7-5-3-2-4-6-17-8-10-19(11-9-17)23-16-20(24)25-21-23;/h2-16H,1H3;1H/q+1;/p-1/b3-2+,6-4+,7-5+;. The highest BCUT2D eigenvalue weighted by molar-refractivity contribution is 5.53. The Morgan fingerprint density at radius 1 is 0.885 bits per heavy atom. The van der Waals surface area contributed by atoms with E-state index in [1.807, 2.05) is 78.7 Å². The van der Waals surface area contributed by atoms with Crippen molar-refractivity contribution in [3.63, 3.8) is 0 Å². The number of aryl methyl sites for hydroxylation is 1. The van der Waals surface area contributed by atoms with Crippen LogP contribution in [0.5, 0.6) is 5.95 Å². The average molecular weight is 459 g/mol. The molecule has 0 bridgehead atoms. The molecule has 2 aromatic heterocycles. The largest absolute Gasteiger partial charge is 1.00 e. The Hall–Kier alpha value is -2.74. The molecule has 0 saturated carbocycles. The van der Waals surface area contributed by atoms with Crippen molar-refractivity contribution >= 4 is 12.2 Å². The van der Waals surface area contributed by atoms with Crippen molar-refractivity contribution in [2.24, 2.45) is 7.05 Å². The molecule has 0 aliphatic carbocycles. The molecule has 0 spiro atoms. The molecule has 0 aliphatic rings. The van der Waals surface area contributed by atoms with Gasteiger partial charge in [-0.15, -0.1) is 0 Å². The van der Waals surface area contributed by atoms with Gasteiger partial charge in [0.05, 0.1) is 5.27 Å². The molecule has 26 heavy (non-hydrogen) atoms. The first-order valence-electron chi connectivity index (χ1n) is 7.83. The van der Waals surface area contributed by atoms with Crippen molar-refractivity contribution in [1.82, 2.24) is 5.27 Å². The lowest BCUT2D eigenvalue weighted by Crippen LogP contribution is -3.00. The zero-order chi connectivity index (χ0) is 17.5. The third-order valence-corrected chi connectivity index (χ3v) is 3.52. The molecule has 132 valence electrons. The molecule has 2 heterocycles. The third-order valence-electron chi connectivity index (χ3n) is 3.52. The Morgan fingerprint density at radius 2 is 1.46 bits per heavy atom. The fourth-order valence-corrected chi connectivity index (χ4v) is 2.18. The van der Waals surface area contributed by atoms with Gasteiger partial charge in [0.15, 0.2) is 12.4 Å². The highest BCUT2D eigenvalue weighted by Crippen LogP contribution is 2.07. The van der Waals surface area contributed by atoms with Crippen molar-refractivity contribution in [2.75, 3.05) is 0 Å². The summed E-state index contributed by atoms with van der Waals surface area (Å²) in [7, 11) is 2.00. The molecule has 3 aromatic rings. The number of hydrogen-bond acceptors (Lipinski definition) is 3. The maximum Gasteiger partial charge on any atom is 0.239 e. The SMILES string of the molecule is C[n+]1ccc(/C=C/C=C/C=C/c2ccc(-[n+]3cc([O-])on3)cc2)cc1.[I-]. The van der Waals surface area contributed by atoms with Gasteiger partial charge in [0, 0.05) is 24.3 Å². The van der Waals surface area contributed by atoms with Gasteiger partial charge >= 0.3 is 0 Å². The minimum atomic E-state index is -0.466. The second-order valence-corrected chi connectivity index (χ2v) is 5.46. The summed E-state index contributed by atoms with van der Waals surface area (Å²) in [4.78, 5) is 0. The van der Waals surface area contributed by atoms with Crippen molar-refractivity contribution in [1.29, 1.82) is 0 Å². The lowest BCUT2D eigenvalue weighted by Gasteiger charge is -1.92. The van der Waals surface area contributed by atoms with Crippen LogP contribution in [0.4, 0.5) is 0 Å². The maximum atomic E-state index is 11.0. The minimum absolute atomic E-state index is 0. The van der Waals surface area contributed by atoms with Crippen LogP contribution in [0.2, 0.25) is 0 Å². The molecule has 0 unspecified atom stereocenters. The van der Waals surface area contributed by atoms with Gasteiger partial charge in [0.2, 0.25) is 11.9 Å². The number of benzene rings is 1. The Labute approximate surface area is 169 Å². The summed E-state index contributed by atoms with van der Waals surface area (Å²) in [6.07, 6.45) is 17.3. The van der Waals surface area contributed by atoms with Gasteiger partial charge < -0.3 is 33.6 Å². The summed E-state index contributed by atoms with van der Waals surface area (Å²) in [5.74, 6) is -0.466. The van der Waals surface area contributed by atoms with Gasteiger partial charge in [-0.2, -0.15) is 0 Å². The first-order valence-corrected chi connectivity index (χ1v) is 7.83. The van der Waals surface area contributed by atoms with Gasteiger partial charge in [-0.05, 0) is 27.9 Å². The number of nitrogens with zero attached hydrogens (tertiary/aromatic N) is 3. The van der Waals surface area contributed by atoms with Gasteiger partial charge in [-0.25, -0.2) is 4.57 Å². The normalized spacial score (nSPS) is 11.4. The predicted molar refractivity (Wildman–Crippen MR) is 92.3 cm³/mol. The summed E-state index contributed by atoms with van der Waals surface area (Å²) >= 11 is 0. The first-order chi connectivity index (χ1) is 12.2. The fraction of sp³-hybridized carbons (Fsp3) is 0.0500. The van der Waals surface area contributed by atoms with Gasteiger partial charge in [0.25, 0.3) is 0 Å². The molecule has 0 aliphatic heterocycles. The summed E-state index contributed by atoms with van der Waals surface area (Å²) < 4.78 is 7.92. The fourth-order valence-electron chi connectivity index (χ4n) is 2.18. The van der Waals surface area contributed by atoms with Crippen molar-refractivity contribution in [2.45, 2.75) is 0 Å². The van der Waals surface area contributed by atoms with Crippen LogP contribution in [-0.2, 0) is 7.05 Å². The van der Waals surface area contributed by atoms with Crippen LogP contribution in [0.3, 0.4) is 0 Å². The van der Waals surface area contributed by atoms with E-state index in [-0.39, 0.29) is 24.0 Å². The molecule has 0 amide bonds. The summed E-state index contributed by atoms with van der Waals surface area (Å²) in [5, 5.41) is 14.6. The number of rotatable bonds is 5. The number of aromatic nitrogens is 3. The average Bonchev–Trinajstić information content (AvgIpc) is 3.06. The second-order valence-electron chi connectivity index (χ2n) is 5.46. The second kappa shape index (κ2) is 9.67. The summed E-state index contributed by atoms with van der Waals surface area (Å²) in [6, 6.07) is 11.8. The zero-order valence-electron chi connectivity index (χ0n) is 14.2. The first kappa shape index (κ1) is 19.6. The Balaban J connectivity index is 0.00000243. The Morgan fingerprint density at radius 3 is 2.00 bits per heavy atom. The van der Waals surface area contributed by atoms with Crippen LogP contribution in [0.1, 0.15) is 11.1 Å². The van der Waals surface area contributed by atoms with Crippen LogP contribution >= 0.6 is 0 Å². The van der Waals surface area contributed by atoms with Crippen LogP contribution in [0.25, 0.3) is 17.8 Å². The number of hydrogen-bond donors (Lipinski definition) is 0. The van der Waals surface area contributed by atoms with E-state index in [9.17, 15) is 5.11 Å². The topological polar surface area (TPSA) is 56.9 Å². The molecule has 0 N–H and O–H groups in total. The molecule has 0 atom stereocenters. The van der Waals surface area contributed by atoms with Crippen LogP contribution in [-0.4, -0.2) is 5.27 Å². The van der Waals surface area contributed by atoms with E-state index in [2.05, 4.69) is 28.0 Å². The Bertz CT molecular complexity index is 911. The van der Waals surface area contributed by atoms with E-state index in [1.165, 1.54) is 10.9 Å². The molecule has 5 nitrogen and oxygen atoms in total. The van der Waals surface area contributed by atoms with Crippen LogP contribution in [0.15, 0.2) is 83.8 Å². The van der Waals surface area contributed by atoms with E-state index in [0.717, 1.165) is 16.8 Å². The quantitative estimate of drug-likeness (QED) is 0.284. The van der Waals surface area contributed by atoms with Crippen molar-refractivity contribution < 1.29 is 42.9 Å². The molecule has 1 aromatic carbocycles. The minimum Gasteiger partial charge on any atom is -1.00 e. The maximum absolute atomic E-state index is 11.0. The summed E-state index contributed by atoms with van der Waals surface area (Å²) in [6.45, 7) is 0.